The first-order valence-electron chi connectivity index (χ1n) is 6.78. The number of rotatable bonds is 5. The Morgan fingerprint density at radius 1 is 1.17 bits per heavy atom. The van der Waals surface area contributed by atoms with Gasteiger partial charge in [-0.1, -0.05) is 11.8 Å². The van der Waals surface area contributed by atoms with Crippen molar-refractivity contribution in [1.82, 2.24) is 0 Å². The Balaban J connectivity index is 2.24. The highest BCUT2D eigenvalue weighted by Gasteiger charge is 2.14. The maximum absolute atomic E-state index is 11.9. The number of quaternary nitrogens is 1. The molecule has 2 aromatic carbocycles. The van der Waals surface area contributed by atoms with E-state index < -0.39 is 4.92 Å². The first-order chi connectivity index (χ1) is 10.9. The van der Waals surface area contributed by atoms with Crippen molar-refractivity contribution in [3.05, 3.63) is 63.7 Å². The van der Waals surface area contributed by atoms with Crippen molar-refractivity contribution in [2.45, 2.75) is 9.79 Å². The van der Waals surface area contributed by atoms with Gasteiger partial charge in [-0.2, -0.15) is 0 Å². The number of aldehydes is 1. The smallest absolute Gasteiger partial charge is 0.298 e. The van der Waals surface area contributed by atoms with Crippen LogP contribution in [0.2, 0.25) is 0 Å². The van der Waals surface area contributed by atoms with E-state index in [0.29, 0.717) is 21.6 Å². The molecule has 0 saturated carbocycles. The zero-order valence-electron chi connectivity index (χ0n) is 12.6. The molecule has 0 aliphatic carbocycles. The van der Waals surface area contributed by atoms with Crippen molar-refractivity contribution < 1.29 is 19.4 Å². The molecule has 2 rings (SSSR count). The molecule has 6 nitrogen and oxygen atoms in total. The summed E-state index contributed by atoms with van der Waals surface area (Å²) in [7, 11) is 3.52. The molecular weight excluding hydrogens is 316 g/mol. The van der Waals surface area contributed by atoms with E-state index in [1.807, 2.05) is 0 Å². The van der Waals surface area contributed by atoms with Gasteiger partial charge in [-0.3, -0.25) is 19.8 Å². The van der Waals surface area contributed by atoms with E-state index in [0.717, 1.165) is 4.90 Å². The van der Waals surface area contributed by atoms with Crippen LogP contribution < -0.4 is 4.90 Å². The van der Waals surface area contributed by atoms with Crippen LogP contribution in [0.25, 0.3) is 0 Å². The highest BCUT2D eigenvalue weighted by molar-refractivity contribution is 7.99. The topological polar surface area (TPSA) is 81.7 Å². The molecule has 0 aliphatic rings. The molecule has 0 radical (unpaired) electrons. The van der Waals surface area contributed by atoms with Crippen LogP contribution in [0.5, 0.6) is 0 Å². The zero-order chi connectivity index (χ0) is 17.0. The summed E-state index contributed by atoms with van der Waals surface area (Å²) < 4.78 is 0. The molecule has 0 unspecified atom stereocenters. The third-order valence-electron chi connectivity index (χ3n) is 3.13. The van der Waals surface area contributed by atoms with Crippen LogP contribution in [-0.4, -0.2) is 31.2 Å². The Bertz CT molecular complexity index is 757. The Kier molecular flexibility index (Phi) is 5.25. The molecule has 7 heteroatoms. The minimum Gasteiger partial charge on any atom is -0.298 e. The molecule has 0 atom stereocenters. The van der Waals surface area contributed by atoms with E-state index in [4.69, 9.17) is 0 Å². The average molecular weight is 331 g/mol. The van der Waals surface area contributed by atoms with Crippen molar-refractivity contribution in [1.29, 1.82) is 0 Å². The lowest BCUT2D eigenvalue weighted by atomic mass is 10.2. The molecule has 118 valence electrons. The van der Waals surface area contributed by atoms with Gasteiger partial charge in [0.25, 0.3) is 5.69 Å². The second-order valence-electron chi connectivity index (χ2n) is 5.05. The minimum atomic E-state index is -0.536. The number of nitro benzene ring substituents is 1. The van der Waals surface area contributed by atoms with Gasteiger partial charge in [0.15, 0.2) is 6.29 Å². The molecule has 0 bridgehead atoms. The summed E-state index contributed by atoms with van der Waals surface area (Å²) in [5.41, 5.74) is 0.752. The molecule has 0 heterocycles. The van der Waals surface area contributed by atoms with Crippen molar-refractivity contribution in [2.24, 2.45) is 0 Å². The fraction of sp³-hybridized carbons (Fsp3) is 0.125. The van der Waals surface area contributed by atoms with Crippen molar-refractivity contribution in [3.8, 4) is 0 Å². The average Bonchev–Trinajstić information content (AvgIpc) is 2.55. The largest absolute Gasteiger partial charge is 0.343 e. The molecule has 0 spiro atoms. The predicted molar refractivity (Wildman–Crippen MR) is 86.2 cm³/mol. The third-order valence-corrected chi connectivity index (χ3v) is 4.23. The number of carbonyl (C=O) groups is 2. The quantitative estimate of drug-likeness (QED) is 0.514. The summed E-state index contributed by atoms with van der Waals surface area (Å²) in [6.45, 7) is 0. The number of hydrogen-bond acceptors (Lipinski definition) is 5. The second-order valence-corrected chi connectivity index (χ2v) is 6.17. The lowest BCUT2D eigenvalue weighted by Crippen LogP contribution is -3.08. The van der Waals surface area contributed by atoms with Crippen molar-refractivity contribution >= 4 is 29.6 Å². The number of benzene rings is 2. The van der Waals surface area contributed by atoms with Crippen LogP contribution in [0.4, 0.5) is 5.69 Å². The summed E-state index contributed by atoms with van der Waals surface area (Å²) >= 11 is 1.32. The van der Waals surface area contributed by atoms with Gasteiger partial charge < -0.3 is 0 Å². The fourth-order valence-electron chi connectivity index (χ4n) is 1.92. The summed E-state index contributed by atoms with van der Waals surface area (Å²) in [5.74, 6) is -0.00883. The summed E-state index contributed by atoms with van der Waals surface area (Å²) in [5, 5.41) is 10.7. The number of non-ortho nitro benzene ring substituents is 1. The lowest BCUT2D eigenvalue weighted by molar-refractivity contribution is -0.767. The number of nitrogens with one attached hydrogen (secondary N) is 1. The van der Waals surface area contributed by atoms with Gasteiger partial charge in [0.05, 0.1) is 24.6 Å². The molecule has 23 heavy (non-hydrogen) atoms. The van der Waals surface area contributed by atoms with E-state index in [9.17, 15) is 19.7 Å². The Labute approximate surface area is 137 Å². The van der Waals surface area contributed by atoms with Crippen LogP contribution >= 0.6 is 11.8 Å². The molecule has 0 aromatic heterocycles. The van der Waals surface area contributed by atoms with Crippen LogP contribution in [0.15, 0.2) is 52.3 Å². The minimum absolute atomic E-state index is 0.00883. The van der Waals surface area contributed by atoms with Gasteiger partial charge in [-0.15, -0.1) is 0 Å². The van der Waals surface area contributed by atoms with Gasteiger partial charge in [-0.05, 0) is 30.3 Å². The maximum atomic E-state index is 11.9. The van der Waals surface area contributed by atoms with Crippen molar-refractivity contribution in [3.63, 3.8) is 0 Å². The Morgan fingerprint density at radius 2 is 1.83 bits per heavy atom. The van der Waals surface area contributed by atoms with Crippen LogP contribution in [0, 0.1) is 10.1 Å². The van der Waals surface area contributed by atoms with Crippen molar-refractivity contribution in [2.75, 3.05) is 14.1 Å². The number of nitrogens with zero attached hydrogens (tertiary/aromatic N) is 1. The van der Waals surface area contributed by atoms with E-state index in [-0.39, 0.29) is 17.2 Å². The molecule has 1 amide bonds. The lowest BCUT2D eigenvalue weighted by Gasteiger charge is -2.07. The SMILES string of the molecule is C[NH+](C)C(=O)c1ccc(Sc2ccc([N+](=O)[O-])cc2C=O)cc1. The number of carbonyl (C=O) groups excluding carboxylic acids is 2. The van der Waals surface area contributed by atoms with Crippen LogP contribution in [0.3, 0.4) is 0 Å². The Morgan fingerprint density at radius 3 is 2.35 bits per heavy atom. The molecule has 2 aromatic rings. The molecule has 0 aliphatic heterocycles. The maximum Gasteiger partial charge on any atom is 0.343 e. The van der Waals surface area contributed by atoms with Crippen LogP contribution in [0.1, 0.15) is 20.7 Å². The van der Waals surface area contributed by atoms with E-state index in [2.05, 4.69) is 0 Å². The molecular formula is C16H15N2O4S+. The monoisotopic (exact) mass is 331 g/mol. The predicted octanol–water partition coefficient (Wildman–Crippen LogP) is 1.84. The summed E-state index contributed by atoms with van der Waals surface area (Å²) in [4.78, 5) is 35.4. The summed E-state index contributed by atoms with van der Waals surface area (Å²) in [6, 6.07) is 11.2. The van der Waals surface area contributed by atoms with Gasteiger partial charge in [-0.25, -0.2) is 4.79 Å². The Hall–Kier alpha value is -2.51. The second kappa shape index (κ2) is 7.17. The fourth-order valence-corrected chi connectivity index (χ4v) is 2.81. The number of nitro groups is 1. The molecule has 0 saturated heterocycles. The first-order valence-corrected chi connectivity index (χ1v) is 7.60. The van der Waals surface area contributed by atoms with Crippen LogP contribution in [-0.2, 0) is 0 Å². The highest BCUT2D eigenvalue weighted by atomic mass is 32.2. The highest BCUT2D eigenvalue weighted by Crippen LogP contribution is 2.31. The zero-order valence-corrected chi connectivity index (χ0v) is 13.4. The van der Waals surface area contributed by atoms with E-state index in [1.54, 1.807) is 44.4 Å². The number of hydrogen-bond donors (Lipinski definition) is 1. The summed E-state index contributed by atoms with van der Waals surface area (Å²) in [6.07, 6.45) is 0.600. The van der Waals surface area contributed by atoms with Gasteiger partial charge in [0, 0.05) is 27.5 Å². The molecule has 0 fully saturated rings. The van der Waals surface area contributed by atoms with E-state index >= 15 is 0 Å². The molecule has 1 N–H and O–H groups in total. The van der Waals surface area contributed by atoms with Gasteiger partial charge in [0.2, 0.25) is 0 Å². The van der Waals surface area contributed by atoms with Gasteiger partial charge in [0.1, 0.15) is 0 Å². The first kappa shape index (κ1) is 16.9. The van der Waals surface area contributed by atoms with Gasteiger partial charge >= 0.3 is 5.91 Å². The normalized spacial score (nSPS) is 10.6. The number of amides is 1. The van der Waals surface area contributed by atoms with E-state index in [1.165, 1.54) is 23.9 Å². The standard InChI is InChI=1S/C16H14N2O4S/c1-17(2)16(20)11-3-6-14(7-4-11)23-15-8-5-13(18(21)22)9-12(15)10-19/h3-10H,1-2H3/p+1. The third kappa shape index (κ3) is 4.02.